The van der Waals surface area contributed by atoms with Gasteiger partial charge in [-0.05, 0) is 30.5 Å². The van der Waals surface area contributed by atoms with Crippen molar-refractivity contribution >= 4 is 29.0 Å². The molecule has 2 aromatic heterocycles. The molecule has 1 fully saturated rings. The summed E-state index contributed by atoms with van der Waals surface area (Å²) in [5.41, 5.74) is 2.79. The van der Waals surface area contributed by atoms with E-state index in [0.29, 0.717) is 17.9 Å². The van der Waals surface area contributed by atoms with E-state index in [1.807, 2.05) is 46.7 Å². The SMILES string of the molecule is O=C(c1csc(CSc2nnc(Cc3ccccc3)n2-c2ccccc2)n1)N1CCCC1. The van der Waals surface area contributed by atoms with Crippen molar-refractivity contribution in [1.29, 1.82) is 0 Å². The minimum atomic E-state index is 0.0487. The van der Waals surface area contributed by atoms with E-state index >= 15 is 0 Å². The predicted molar refractivity (Wildman–Crippen MR) is 127 cm³/mol. The third kappa shape index (κ3) is 4.61. The maximum absolute atomic E-state index is 12.6. The van der Waals surface area contributed by atoms with E-state index < -0.39 is 0 Å². The molecular weight excluding hydrogens is 438 g/mol. The Bertz CT molecular complexity index is 1180. The molecule has 1 aliphatic rings. The summed E-state index contributed by atoms with van der Waals surface area (Å²) in [7, 11) is 0. The van der Waals surface area contributed by atoms with Crippen LogP contribution in [0.2, 0.25) is 0 Å². The number of hydrogen-bond acceptors (Lipinski definition) is 6. The number of thiazole rings is 1. The third-order valence-corrected chi connectivity index (χ3v) is 7.38. The molecular formula is C24H23N5OS2. The van der Waals surface area contributed by atoms with Gasteiger partial charge in [-0.3, -0.25) is 9.36 Å². The Balaban J connectivity index is 1.35. The predicted octanol–water partition coefficient (Wildman–Crippen LogP) is 4.84. The number of carbonyl (C=O) groups excluding carboxylic acids is 1. The molecule has 162 valence electrons. The molecule has 5 rings (SSSR count). The molecule has 0 atom stereocenters. The number of para-hydroxylation sites is 1. The highest BCUT2D eigenvalue weighted by Gasteiger charge is 2.22. The van der Waals surface area contributed by atoms with Crippen molar-refractivity contribution in [1.82, 2.24) is 24.6 Å². The molecule has 0 saturated carbocycles. The number of carbonyl (C=O) groups is 1. The van der Waals surface area contributed by atoms with Gasteiger partial charge in [0, 0.05) is 30.6 Å². The number of nitrogens with zero attached hydrogens (tertiary/aromatic N) is 5. The lowest BCUT2D eigenvalue weighted by Gasteiger charge is -2.12. The second-order valence-electron chi connectivity index (χ2n) is 7.65. The van der Waals surface area contributed by atoms with E-state index in [1.54, 1.807) is 11.8 Å². The smallest absolute Gasteiger partial charge is 0.273 e. The summed E-state index contributed by atoms with van der Waals surface area (Å²) in [6.45, 7) is 1.68. The first-order valence-corrected chi connectivity index (χ1v) is 12.5. The van der Waals surface area contributed by atoms with Gasteiger partial charge in [0.25, 0.3) is 5.91 Å². The summed E-state index contributed by atoms with van der Waals surface area (Å²) in [4.78, 5) is 19.1. The standard InChI is InChI=1S/C24H23N5OS2/c30-23(28-13-7-8-14-28)20-16-31-22(25-20)17-32-24-27-26-21(15-18-9-3-1-4-10-18)29(24)19-11-5-2-6-12-19/h1-6,9-12,16H,7-8,13-15,17H2. The van der Waals surface area contributed by atoms with Crippen molar-refractivity contribution in [2.24, 2.45) is 0 Å². The summed E-state index contributed by atoms with van der Waals surface area (Å²) < 4.78 is 2.11. The highest BCUT2D eigenvalue weighted by Crippen LogP contribution is 2.28. The van der Waals surface area contributed by atoms with Crippen molar-refractivity contribution < 1.29 is 4.79 Å². The zero-order valence-corrected chi connectivity index (χ0v) is 19.2. The number of amides is 1. The molecule has 1 aliphatic heterocycles. The maximum atomic E-state index is 12.6. The van der Waals surface area contributed by atoms with Crippen LogP contribution in [0.3, 0.4) is 0 Å². The quantitative estimate of drug-likeness (QED) is 0.369. The van der Waals surface area contributed by atoms with Crippen LogP contribution < -0.4 is 0 Å². The van der Waals surface area contributed by atoms with Gasteiger partial charge in [-0.1, -0.05) is 60.3 Å². The van der Waals surface area contributed by atoms with Crippen molar-refractivity contribution in [2.45, 2.75) is 30.2 Å². The highest BCUT2D eigenvalue weighted by molar-refractivity contribution is 7.98. The van der Waals surface area contributed by atoms with Gasteiger partial charge in [0.1, 0.15) is 16.5 Å². The molecule has 3 heterocycles. The minimum absolute atomic E-state index is 0.0487. The van der Waals surface area contributed by atoms with E-state index in [2.05, 4.69) is 44.0 Å². The van der Waals surface area contributed by atoms with Crippen LogP contribution in [0.5, 0.6) is 0 Å². The number of rotatable bonds is 7. The van der Waals surface area contributed by atoms with E-state index in [0.717, 1.165) is 47.6 Å². The lowest BCUT2D eigenvalue weighted by molar-refractivity contribution is 0.0787. The second kappa shape index (κ2) is 9.67. The lowest BCUT2D eigenvalue weighted by Crippen LogP contribution is -2.27. The first kappa shape index (κ1) is 20.9. The molecule has 0 aliphatic carbocycles. The van der Waals surface area contributed by atoms with Crippen molar-refractivity contribution in [3.63, 3.8) is 0 Å². The van der Waals surface area contributed by atoms with Gasteiger partial charge in [0.05, 0.1) is 5.75 Å². The Hall–Kier alpha value is -2.97. The molecule has 8 heteroatoms. The molecule has 0 unspecified atom stereocenters. The topological polar surface area (TPSA) is 63.9 Å². The van der Waals surface area contributed by atoms with Crippen LogP contribution in [0.4, 0.5) is 0 Å². The Kier molecular flexibility index (Phi) is 6.31. The fourth-order valence-corrected chi connectivity index (χ4v) is 5.56. The number of hydrogen-bond donors (Lipinski definition) is 0. The van der Waals surface area contributed by atoms with Gasteiger partial charge in [-0.15, -0.1) is 21.5 Å². The van der Waals surface area contributed by atoms with Gasteiger partial charge >= 0.3 is 0 Å². The summed E-state index contributed by atoms with van der Waals surface area (Å²) in [6.07, 6.45) is 2.87. The van der Waals surface area contributed by atoms with Gasteiger partial charge in [0.2, 0.25) is 0 Å². The number of benzene rings is 2. The second-order valence-corrected chi connectivity index (χ2v) is 9.53. The average Bonchev–Trinajstić information content (AvgIpc) is 3.60. The van der Waals surface area contributed by atoms with Crippen molar-refractivity contribution in [3.05, 3.63) is 88.1 Å². The van der Waals surface area contributed by atoms with Crippen LogP contribution >= 0.6 is 23.1 Å². The Morgan fingerprint density at radius 3 is 2.44 bits per heavy atom. The molecule has 6 nitrogen and oxygen atoms in total. The van der Waals surface area contributed by atoms with Gasteiger partial charge in [0.15, 0.2) is 5.16 Å². The molecule has 0 spiro atoms. The highest BCUT2D eigenvalue weighted by atomic mass is 32.2. The van der Waals surface area contributed by atoms with E-state index in [4.69, 9.17) is 0 Å². The molecule has 1 saturated heterocycles. The zero-order valence-electron chi connectivity index (χ0n) is 17.6. The molecule has 0 radical (unpaired) electrons. The van der Waals surface area contributed by atoms with Gasteiger partial charge < -0.3 is 4.90 Å². The Morgan fingerprint density at radius 2 is 1.69 bits per heavy atom. The van der Waals surface area contributed by atoms with E-state index in [-0.39, 0.29) is 5.91 Å². The van der Waals surface area contributed by atoms with Crippen LogP contribution in [0.25, 0.3) is 5.69 Å². The van der Waals surface area contributed by atoms with Crippen LogP contribution in [-0.2, 0) is 12.2 Å². The monoisotopic (exact) mass is 461 g/mol. The van der Waals surface area contributed by atoms with Crippen LogP contribution in [0, 0.1) is 0 Å². The Labute approximate surface area is 195 Å². The normalized spacial score (nSPS) is 13.6. The fraction of sp³-hybridized carbons (Fsp3) is 0.250. The van der Waals surface area contributed by atoms with Gasteiger partial charge in [-0.25, -0.2) is 4.98 Å². The van der Waals surface area contributed by atoms with Crippen LogP contribution in [0.15, 0.2) is 71.2 Å². The molecule has 32 heavy (non-hydrogen) atoms. The first-order chi connectivity index (χ1) is 15.8. The summed E-state index contributed by atoms with van der Waals surface area (Å²) in [6, 6.07) is 20.5. The molecule has 4 aromatic rings. The third-order valence-electron chi connectivity index (χ3n) is 5.41. The van der Waals surface area contributed by atoms with Crippen molar-refractivity contribution in [2.75, 3.05) is 13.1 Å². The lowest BCUT2D eigenvalue weighted by atomic mass is 10.1. The number of likely N-dealkylation sites (tertiary alicyclic amines) is 1. The maximum Gasteiger partial charge on any atom is 0.273 e. The van der Waals surface area contributed by atoms with E-state index in [1.165, 1.54) is 16.9 Å². The summed E-state index contributed by atoms with van der Waals surface area (Å²) >= 11 is 3.13. The molecule has 0 N–H and O–H groups in total. The first-order valence-electron chi connectivity index (χ1n) is 10.7. The largest absolute Gasteiger partial charge is 0.337 e. The number of thioether (sulfide) groups is 1. The Morgan fingerprint density at radius 1 is 0.969 bits per heavy atom. The summed E-state index contributed by atoms with van der Waals surface area (Å²) in [5, 5.41) is 12.6. The zero-order chi connectivity index (χ0) is 21.8. The molecule has 2 aromatic carbocycles. The molecule has 1 amide bonds. The average molecular weight is 462 g/mol. The fourth-order valence-electron chi connectivity index (χ4n) is 3.81. The van der Waals surface area contributed by atoms with E-state index in [9.17, 15) is 4.79 Å². The van der Waals surface area contributed by atoms with Crippen LogP contribution in [-0.4, -0.2) is 43.6 Å². The van der Waals surface area contributed by atoms with Crippen LogP contribution in [0.1, 0.15) is 39.7 Å². The summed E-state index contributed by atoms with van der Waals surface area (Å²) in [5.74, 6) is 1.59. The molecule has 0 bridgehead atoms. The minimum Gasteiger partial charge on any atom is -0.337 e. The van der Waals surface area contributed by atoms with Gasteiger partial charge in [-0.2, -0.15) is 0 Å². The number of aromatic nitrogens is 4. The van der Waals surface area contributed by atoms with Crippen molar-refractivity contribution in [3.8, 4) is 5.69 Å².